The van der Waals surface area contributed by atoms with Crippen molar-refractivity contribution in [2.75, 3.05) is 5.32 Å². The molecule has 0 aromatic heterocycles. The van der Waals surface area contributed by atoms with Crippen molar-refractivity contribution in [3.05, 3.63) is 29.1 Å². The highest BCUT2D eigenvalue weighted by Gasteiger charge is 2.21. The van der Waals surface area contributed by atoms with E-state index in [9.17, 15) is 14.0 Å². The minimum absolute atomic E-state index is 0.126. The standard InChI is InChI=1S/C13H16FNO4/c1-7-5-8(14)10(11(16)17)9(6-7)15-12(18)19-13(2,3)4/h5-6H,1-4H3,(H,15,18)(H,16,17). The molecule has 0 radical (unpaired) electrons. The number of hydrogen-bond donors (Lipinski definition) is 2. The van der Waals surface area contributed by atoms with Crippen molar-refractivity contribution >= 4 is 17.7 Å². The maximum Gasteiger partial charge on any atom is 0.412 e. The van der Waals surface area contributed by atoms with Gasteiger partial charge in [0.1, 0.15) is 17.0 Å². The van der Waals surface area contributed by atoms with Crippen LogP contribution in [0.1, 0.15) is 36.7 Å². The number of aryl methyl sites for hydroxylation is 1. The summed E-state index contributed by atoms with van der Waals surface area (Å²) in [5.41, 5.74) is -0.945. The van der Waals surface area contributed by atoms with E-state index < -0.39 is 29.0 Å². The van der Waals surface area contributed by atoms with Gasteiger partial charge in [-0.2, -0.15) is 0 Å². The first kappa shape index (κ1) is 14.9. The Morgan fingerprint density at radius 1 is 1.32 bits per heavy atom. The van der Waals surface area contributed by atoms with E-state index >= 15 is 0 Å². The quantitative estimate of drug-likeness (QED) is 0.864. The third kappa shape index (κ3) is 4.24. The molecule has 1 aromatic carbocycles. The molecule has 0 bridgehead atoms. The van der Waals surface area contributed by atoms with Crippen molar-refractivity contribution in [3.63, 3.8) is 0 Å². The van der Waals surface area contributed by atoms with E-state index in [4.69, 9.17) is 9.84 Å². The Kier molecular flexibility index (Phi) is 4.14. The first-order chi connectivity index (χ1) is 8.60. The van der Waals surface area contributed by atoms with E-state index in [-0.39, 0.29) is 5.69 Å². The van der Waals surface area contributed by atoms with E-state index in [1.807, 2.05) is 0 Å². The first-order valence-electron chi connectivity index (χ1n) is 5.63. The number of rotatable bonds is 2. The predicted octanol–water partition coefficient (Wildman–Crippen LogP) is 3.18. The number of amides is 1. The van der Waals surface area contributed by atoms with E-state index in [0.717, 1.165) is 6.07 Å². The summed E-state index contributed by atoms with van der Waals surface area (Å²) in [5, 5.41) is 11.2. The number of halogens is 1. The average molecular weight is 269 g/mol. The maximum absolute atomic E-state index is 13.6. The molecule has 5 nitrogen and oxygen atoms in total. The number of carboxylic acid groups (broad SMARTS) is 1. The molecule has 0 saturated heterocycles. The number of nitrogens with one attached hydrogen (secondary N) is 1. The molecule has 19 heavy (non-hydrogen) atoms. The molecular formula is C13H16FNO4. The zero-order valence-corrected chi connectivity index (χ0v) is 11.2. The number of aromatic carboxylic acids is 1. The lowest BCUT2D eigenvalue weighted by atomic mass is 10.1. The summed E-state index contributed by atoms with van der Waals surface area (Å²) in [6, 6.07) is 2.46. The van der Waals surface area contributed by atoms with Crippen molar-refractivity contribution in [3.8, 4) is 0 Å². The second-order valence-corrected chi connectivity index (χ2v) is 5.10. The number of carboxylic acids is 1. The van der Waals surface area contributed by atoms with Crippen molar-refractivity contribution in [1.29, 1.82) is 0 Å². The van der Waals surface area contributed by atoms with Crippen LogP contribution in [0.15, 0.2) is 12.1 Å². The summed E-state index contributed by atoms with van der Waals surface area (Å²) in [7, 11) is 0. The summed E-state index contributed by atoms with van der Waals surface area (Å²) in [5.74, 6) is -2.36. The van der Waals surface area contributed by atoms with Gasteiger partial charge < -0.3 is 9.84 Å². The normalized spacial score (nSPS) is 11.0. The van der Waals surface area contributed by atoms with Crippen molar-refractivity contribution in [1.82, 2.24) is 0 Å². The number of anilines is 1. The molecule has 0 aliphatic carbocycles. The summed E-state index contributed by atoms with van der Waals surface area (Å²) < 4.78 is 18.6. The van der Waals surface area contributed by atoms with E-state index in [2.05, 4.69) is 5.32 Å². The Hall–Kier alpha value is -2.11. The molecule has 0 heterocycles. The molecule has 0 aliphatic rings. The Bertz CT molecular complexity index is 520. The van der Waals surface area contributed by atoms with E-state index in [0.29, 0.717) is 5.56 Å². The van der Waals surface area contributed by atoms with Gasteiger partial charge in [-0.25, -0.2) is 14.0 Å². The largest absolute Gasteiger partial charge is 0.478 e. The highest BCUT2D eigenvalue weighted by molar-refractivity contribution is 5.99. The summed E-state index contributed by atoms with van der Waals surface area (Å²) in [6.45, 7) is 6.60. The fourth-order valence-corrected chi connectivity index (χ4v) is 1.47. The van der Waals surface area contributed by atoms with Gasteiger partial charge in [0.15, 0.2) is 0 Å². The molecule has 0 aliphatic heterocycles. The van der Waals surface area contributed by atoms with Gasteiger partial charge in [0.05, 0.1) is 5.69 Å². The number of carbonyl (C=O) groups excluding carboxylic acids is 1. The Balaban J connectivity index is 3.07. The van der Waals surface area contributed by atoms with Crippen LogP contribution in [0, 0.1) is 12.7 Å². The number of carbonyl (C=O) groups is 2. The lowest BCUT2D eigenvalue weighted by molar-refractivity contribution is 0.0636. The molecule has 104 valence electrons. The van der Waals surface area contributed by atoms with Crippen LogP contribution in [0.3, 0.4) is 0 Å². The van der Waals surface area contributed by atoms with Crippen LogP contribution in [0.5, 0.6) is 0 Å². The van der Waals surface area contributed by atoms with Crippen LogP contribution in [-0.4, -0.2) is 22.8 Å². The minimum atomic E-state index is -1.46. The van der Waals surface area contributed by atoms with Gasteiger partial charge >= 0.3 is 12.1 Å². The monoisotopic (exact) mass is 269 g/mol. The molecule has 0 unspecified atom stereocenters. The summed E-state index contributed by atoms with van der Waals surface area (Å²) in [6.07, 6.45) is -0.833. The van der Waals surface area contributed by atoms with Crippen LogP contribution in [0.25, 0.3) is 0 Å². The molecular weight excluding hydrogens is 253 g/mol. The maximum atomic E-state index is 13.6. The SMILES string of the molecule is Cc1cc(F)c(C(=O)O)c(NC(=O)OC(C)(C)C)c1. The molecule has 6 heteroatoms. The van der Waals surface area contributed by atoms with Gasteiger partial charge in [-0.1, -0.05) is 0 Å². The summed E-state index contributed by atoms with van der Waals surface area (Å²) >= 11 is 0. The van der Waals surface area contributed by atoms with E-state index in [1.165, 1.54) is 6.07 Å². The van der Waals surface area contributed by atoms with Gasteiger partial charge in [-0.3, -0.25) is 5.32 Å². The number of benzene rings is 1. The zero-order valence-electron chi connectivity index (χ0n) is 11.2. The highest BCUT2D eigenvalue weighted by Crippen LogP contribution is 2.22. The van der Waals surface area contributed by atoms with Gasteiger partial charge in [0.2, 0.25) is 0 Å². The molecule has 1 aromatic rings. The molecule has 2 N–H and O–H groups in total. The van der Waals surface area contributed by atoms with E-state index in [1.54, 1.807) is 27.7 Å². The molecule has 1 rings (SSSR count). The molecule has 0 fully saturated rings. The van der Waals surface area contributed by atoms with Crippen LogP contribution in [-0.2, 0) is 4.74 Å². The van der Waals surface area contributed by atoms with Gasteiger partial charge in [0, 0.05) is 0 Å². The average Bonchev–Trinajstić information content (AvgIpc) is 2.10. The fourth-order valence-electron chi connectivity index (χ4n) is 1.47. The van der Waals surface area contributed by atoms with Crippen LogP contribution in [0.4, 0.5) is 14.9 Å². The van der Waals surface area contributed by atoms with Crippen LogP contribution >= 0.6 is 0 Å². The second kappa shape index (κ2) is 5.26. The number of hydrogen-bond acceptors (Lipinski definition) is 3. The third-order valence-electron chi connectivity index (χ3n) is 2.08. The molecule has 1 amide bonds. The second-order valence-electron chi connectivity index (χ2n) is 5.10. The lowest BCUT2D eigenvalue weighted by Gasteiger charge is -2.20. The molecule has 0 spiro atoms. The highest BCUT2D eigenvalue weighted by atomic mass is 19.1. The zero-order chi connectivity index (χ0) is 14.8. The topological polar surface area (TPSA) is 75.6 Å². The van der Waals surface area contributed by atoms with Gasteiger partial charge in [-0.05, 0) is 45.4 Å². The summed E-state index contributed by atoms with van der Waals surface area (Å²) in [4.78, 5) is 22.6. The molecule has 0 atom stereocenters. The number of ether oxygens (including phenoxy) is 1. The first-order valence-corrected chi connectivity index (χ1v) is 5.63. The minimum Gasteiger partial charge on any atom is -0.478 e. The van der Waals surface area contributed by atoms with Crippen molar-refractivity contribution in [2.45, 2.75) is 33.3 Å². The molecule has 0 saturated carbocycles. The fraction of sp³-hybridized carbons (Fsp3) is 0.385. The van der Waals surface area contributed by atoms with Gasteiger partial charge in [0.25, 0.3) is 0 Å². The van der Waals surface area contributed by atoms with Crippen LogP contribution < -0.4 is 5.32 Å². The smallest absolute Gasteiger partial charge is 0.412 e. The van der Waals surface area contributed by atoms with Crippen molar-refractivity contribution < 1.29 is 23.8 Å². The Morgan fingerprint density at radius 3 is 2.37 bits per heavy atom. The third-order valence-corrected chi connectivity index (χ3v) is 2.08. The predicted molar refractivity (Wildman–Crippen MR) is 68.0 cm³/mol. The van der Waals surface area contributed by atoms with Crippen molar-refractivity contribution in [2.24, 2.45) is 0 Å². The Morgan fingerprint density at radius 2 is 1.89 bits per heavy atom. The van der Waals surface area contributed by atoms with Crippen LogP contribution in [0.2, 0.25) is 0 Å². The van der Waals surface area contributed by atoms with Gasteiger partial charge in [-0.15, -0.1) is 0 Å². The lowest BCUT2D eigenvalue weighted by Crippen LogP contribution is -2.28. The Labute approximate surface area is 110 Å².